The fourth-order valence-electron chi connectivity index (χ4n) is 1.53. The summed E-state index contributed by atoms with van der Waals surface area (Å²) >= 11 is 5.86. The lowest BCUT2D eigenvalue weighted by atomic mass is 10.2. The zero-order chi connectivity index (χ0) is 13.8. The average Bonchev–Trinajstić information content (AvgIpc) is 2.38. The van der Waals surface area contributed by atoms with E-state index in [0.29, 0.717) is 17.2 Å². The standard InChI is InChI=1S/C14H11ClO4/c1-18-9-3-2-4-10(7-9)19-11-5-6-12(14(16)17)13(15)8-11/h2-8H,1H3,(H,16,17). The van der Waals surface area contributed by atoms with Gasteiger partial charge in [-0.2, -0.15) is 0 Å². The molecular formula is C14H11ClO4. The Balaban J connectivity index is 2.23. The summed E-state index contributed by atoms with van der Waals surface area (Å²) in [6, 6.07) is 11.5. The molecule has 0 bridgehead atoms. The summed E-state index contributed by atoms with van der Waals surface area (Å²) in [4.78, 5) is 10.8. The summed E-state index contributed by atoms with van der Waals surface area (Å²) in [6.45, 7) is 0. The van der Waals surface area contributed by atoms with Gasteiger partial charge in [-0.3, -0.25) is 0 Å². The highest BCUT2D eigenvalue weighted by molar-refractivity contribution is 6.33. The Labute approximate surface area is 115 Å². The van der Waals surface area contributed by atoms with E-state index in [1.165, 1.54) is 12.1 Å². The molecule has 19 heavy (non-hydrogen) atoms. The molecule has 2 rings (SSSR count). The van der Waals surface area contributed by atoms with Crippen LogP contribution in [0.4, 0.5) is 0 Å². The second-order valence-electron chi connectivity index (χ2n) is 3.73. The number of carboxylic acid groups (broad SMARTS) is 1. The van der Waals surface area contributed by atoms with Gasteiger partial charge in [0.05, 0.1) is 17.7 Å². The minimum Gasteiger partial charge on any atom is -0.497 e. The van der Waals surface area contributed by atoms with Crippen LogP contribution in [0.2, 0.25) is 5.02 Å². The van der Waals surface area contributed by atoms with Crippen LogP contribution < -0.4 is 9.47 Å². The van der Waals surface area contributed by atoms with Gasteiger partial charge in [0.25, 0.3) is 0 Å². The molecule has 0 spiro atoms. The maximum Gasteiger partial charge on any atom is 0.337 e. The van der Waals surface area contributed by atoms with Crippen molar-refractivity contribution < 1.29 is 19.4 Å². The van der Waals surface area contributed by atoms with Crippen LogP contribution in [0.25, 0.3) is 0 Å². The quantitative estimate of drug-likeness (QED) is 0.923. The molecular weight excluding hydrogens is 268 g/mol. The molecule has 0 aliphatic rings. The lowest BCUT2D eigenvalue weighted by molar-refractivity contribution is 0.0697. The molecule has 0 aliphatic heterocycles. The molecule has 0 atom stereocenters. The van der Waals surface area contributed by atoms with Gasteiger partial charge >= 0.3 is 5.97 Å². The van der Waals surface area contributed by atoms with E-state index in [1.807, 2.05) is 0 Å². The van der Waals surface area contributed by atoms with E-state index < -0.39 is 5.97 Å². The van der Waals surface area contributed by atoms with E-state index in [4.69, 9.17) is 26.2 Å². The third-order valence-corrected chi connectivity index (χ3v) is 2.76. The lowest BCUT2D eigenvalue weighted by Gasteiger charge is -2.08. The van der Waals surface area contributed by atoms with Crippen molar-refractivity contribution in [3.05, 3.63) is 53.1 Å². The lowest BCUT2D eigenvalue weighted by Crippen LogP contribution is -1.97. The van der Waals surface area contributed by atoms with Gasteiger partial charge in [-0.1, -0.05) is 17.7 Å². The van der Waals surface area contributed by atoms with Crippen LogP contribution >= 0.6 is 11.6 Å². The van der Waals surface area contributed by atoms with Crippen LogP contribution in [0.5, 0.6) is 17.2 Å². The van der Waals surface area contributed by atoms with Crippen LogP contribution in [0.15, 0.2) is 42.5 Å². The number of benzene rings is 2. The molecule has 4 nitrogen and oxygen atoms in total. The molecule has 2 aromatic carbocycles. The Morgan fingerprint density at radius 1 is 1.11 bits per heavy atom. The van der Waals surface area contributed by atoms with Gasteiger partial charge in [-0.05, 0) is 24.3 Å². The van der Waals surface area contributed by atoms with Crippen LogP contribution in [0.1, 0.15) is 10.4 Å². The van der Waals surface area contributed by atoms with Crippen molar-refractivity contribution in [1.82, 2.24) is 0 Å². The van der Waals surface area contributed by atoms with Crippen molar-refractivity contribution in [3.8, 4) is 17.2 Å². The summed E-state index contributed by atoms with van der Waals surface area (Å²) in [5.41, 5.74) is 0.0414. The minimum absolute atomic E-state index is 0.0414. The van der Waals surface area contributed by atoms with Gasteiger partial charge in [0.1, 0.15) is 17.2 Å². The Hall–Kier alpha value is -2.20. The van der Waals surface area contributed by atoms with E-state index >= 15 is 0 Å². The predicted octanol–water partition coefficient (Wildman–Crippen LogP) is 3.84. The third kappa shape index (κ3) is 3.17. The second-order valence-corrected chi connectivity index (χ2v) is 4.14. The van der Waals surface area contributed by atoms with Gasteiger partial charge in [0, 0.05) is 12.1 Å². The van der Waals surface area contributed by atoms with Crippen molar-refractivity contribution in [2.75, 3.05) is 7.11 Å². The summed E-state index contributed by atoms with van der Waals surface area (Å²) < 4.78 is 10.7. The molecule has 98 valence electrons. The van der Waals surface area contributed by atoms with Crippen LogP contribution in [0.3, 0.4) is 0 Å². The summed E-state index contributed by atoms with van der Waals surface area (Å²) in [5, 5.41) is 9.01. The van der Waals surface area contributed by atoms with Crippen molar-refractivity contribution in [2.45, 2.75) is 0 Å². The Kier molecular flexibility index (Phi) is 3.92. The fourth-order valence-corrected chi connectivity index (χ4v) is 1.78. The Morgan fingerprint density at radius 3 is 2.42 bits per heavy atom. The summed E-state index contributed by atoms with van der Waals surface area (Å²) in [6.07, 6.45) is 0. The van der Waals surface area contributed by atoms with Crippen molar-refractivity contribution in [3.63, 3.8) is 0 Å². The first-order chi connectivity index (χ1) is 9.10. The number of carbonyl (C=O) groups is 1. The average molecular weight is 279 g/mol. The zero-order valence-electron chi connectivity index (χ0n) is 10.1. The summed E-state index contributed by atoms with van der Waals surface area (Å²) in [5.74, 6) is 0.644. The molecule has 0 fully saturated rings. The molecule has 0 aliphatic carbocycles. The molecule has 2 aromatic rings. The maximum atomic E-state index is 10.8. The molecule has 0 saturated heterocycles. The van der Waals surface area contributed by atoms with E-state index in [-0.39, 0.29) is 10.6 Å². The highest BCUT2D eigenvalue weighted by Gasteiger charge is 2.09. The molecule has 0 heterocycles. The normalized spacial score (nSPS) is 10.0. The van der Waals surface area contributed by atoms with Crippen molar-refractivity contribution in [2.24, 2.45) is 0 Å². The maximum absolute atomic E-state index is 10.8. The molecule has 0 unspecified atom stereocenters. The number of halogens is 1. The van der Waals surface area contributed by atoms with E-state index in [9.17, 15) is 4.79 Å². The van der Waals surface area contributed by atoms with Gasteiger partial charge < -0.3 is 14.6 Å². The van der Waals surface area contributed by atoms with E-state index in [1.54, 1.807) is 37.4 Å². The molecule has 0 aromatic heterocycles. The first-order valence-electron chi connectivity index (χ1n) is 5.45. The Bertz CT molecular complexity index is 610. The smallest absolute Gasteiger partial charge is 0.337 e. The number of aromatic carboxylic acids is 1. The minimum atomic E-state index is -1.07. The molecule has 0 saturated carbocycles. The number of carboxylic acids is 1. The first kappa shape index (κ1) is 13.2. The van der Waals surface area contributed by atoms with Crippen LogP contribution in [-0.4, -0.2) is 18.2 Å². The fraction of sp³-hybridized carbons (Fsp3) is 0.0714. The molecule has 1 N–H and O–H groups in total. The number of hydrogen-bond acceptors (Lipinski definition) is 3. The van der Waals surface area contributed by atoms with E-state index in [2.05, 4.69) is 0 Å². The van der Waals surface area contributed by atoms with E-state index in [0.717, 1.165) is 0 Å². The Morgan fingerprint density at radius 2 is 1.79 bits per heavy atom. The van der Waals surface area contributed by atoms with Crippen molar-refractivity contribution in [1.29, 1.82) is 0 Å². The number of rotatable bonds is 4. The first-order valence-corrected chi connectivity index (χ1v) is 5.82. The second kappa shape index (κ2) is 5.63. The van der Waals surface area contributed by atoms with Crippen LogP contribution in [0, 0.1) is 0 Å². The van der Waals surface area contributed by atoms with Crippen LogP contribution in [-0.2, 0) is 0 Å². The van der Waals surface area contributed by atoms with Gasteiger partial charge in [0.2, 0.25) is 0 Å². The van der Waals surface area contributed by atoms with Gasteiger partial charge in [-0.25, -0.2) is 4.79 Å². The zero-order valence-corrected chi connectivity index (χ0v) is 10.8. The highest BCUT2D eigenvalue weighted by Crippen LogP contribution is 2.28. The molecule has 0 radical (unpaired) electrons. The number of hydrogen-bond donors (Lipinski definition) is 1. The molecule has 5 heteroatoms. The topological polar surface area (TPSA) is 55.8 Å². The summed E-state index contributed by atoms with van der Waals surface area (Å²) in [7, 11) is 1.57. The molecule has 0 amide bonds. The number of ether oxygens (including phenoxy) is 2. The monoisotopic (exact) mass is 278 g/mol. The SMILES string of the molecule is COc1cccc(Oc2ccc(C(=O)O)c(Cl)c2)c1. The highest BCUT2D eigenvalue weighted by atomic mass is 35.5. The van der Waals surface area contributed by atoms with Gasteiger partial charge in [-0.15, -0.1) is 0 Å². The third-order valence-electron chi connectivity index (χ3n) is 2.45. The largest absolute Gasteiger partial charge is 0.497 e. The predicted molar refractivity (Wildman–Crippen MR) is 71.5 cm³/mol. The number of methoxy groups -OCH3 is 1. The van der Waals surface area contributed by atoms with Crippen molar-refractivity contribution >= 4 is 17.6 Å². The van der Waals surface area contributed by atoms with Gasteiger partial charge in [0.15, 0.2) is 0 Å².